The van der Waals surface area contributed by atoms with Crippen LogP contribution in [0.2, 0.25) is 0 Å². The molecule has 3 fully saturated rings. The number of nitrogens with zero attached hydrogens (tertiary/aromatic N) is 4. The number of aliphatic carboxylic acids is 1. The fourth-order valence-corrected chi connectivity index (χ4v) is 7.47. The molecule has 0 spiro atoms. The first-order chi connectivity index (χ1) is 19.1. The molecule has 1 aromatic heterocycles. The van der Waals surface area contributed by atoms with Crippen LogP contribution in [0.1, 0.15) is 68.4 Å². The van der Waals surface area contributed by atoms with Crippen LogP contribution < -0.4 is 0 Å². The standard InChI is InChI=1S/C32H42N4O3/c37-31(38)19-30(25-10-5-11-25)36-21-27(28(22-36)24-8-2-1-3-9-24)20-35-17-15-23(16-18-35)7-4-12-26-13-6-14-29-32(26)34-39-33-29/h1-3,6,8-9,13-14,23,25,27-28,30H,4-5,7,10-12,15-22H2,(H,37,38). The number of likely N-dealkylation sites (tertiary alicyclic amines) is 2. The fraction of sp³-hybridized carbons (Fsp3) is 0.594. The molecule has 208 valence electrons. The molecule has 6 rings (SSSR count). The predicted octanol–water partition coefficient (Wildman–Crippen LogP) is 5.62. The van der Waals surface area contributed by atoms with Gasteiger partial charge in [-0.3, -0.25) is 9.69 Å². The lowest BCUT2D eigenvalue weighted by Gasteiger charge is -2.39. The summed E-state index contributed by atoms with van der Waals surface area (Å²) in [6.45, 7) is 5.48. The molecule has 0 amide bonds. The van der Waals surface area contributed by atoms with Crippen molar-refractivity contribution in [3.63, 3.8) is 0 Å². The van der Waals surface area contributed by atoms with Crippen molar-refractivity contribution < 1.29 is 14.5 Å². The molecular weight excluding hydrogens is 488 g/mol. The van der Waals surface area contributed by atoms with E-state index >= 15 is 0 Å². The number of piperidine rings is 1. The van der Waals surface area contributed by atoms with E-state index in [0.717, 1.165) is 43.0 Å². The lowest BCUT2D eigenvalue weighted by atomic mass is 9.78. The number of fused-ring (bicyclic) bond motifs is 1. The van der Waals surface area contributed by atoms with Gasteiger partial charge < -0.3 is 10.0 Å². The van der Waals surface area contributed by atoms with Crippen LogP contribution in [0.5, 0.6) is 0 Å². The number of hydrogen-bond donors (Lipinski definition) is 1. The third-order valence-corrected chi connectivity index (χ3v) is 9.87. The Balaban J connectivity index is 1.03. The van der Waals surface area contributed by atoms with Crippen molar-refractivity contribution in [2.24, 2.45) is 17.8 Å². The van der Waals surface area contributed by atoms with Crippen LogP contribution in [0.4, 0.5) is 0 Å². The molecule has 2 saturated heterocycles. The summed E-state index contributed by atoms with van der Waals surface area (Å²) in [5.41, 5.74) is 4.42. The zero-order chi connectivity index (χ0) is 26.6. The summed E-state index contributed by atoms with van der Waals surface area (Å²) < 4.78 is 4.93. The molecule has 0 radical (unpaired) electrons. The number of benzene rings is 2. The van der Waals surface area contributed by atoms with E-state index < -0.39 is 5.97 Å². The molecule has 3 aromatic rings. The number of aromatic nitrogens is 2. The van der Waals surface area contributed by atoms with E-state index in [4.69, 9.17) is 4.63 Å². The van der Waals surface area contributed by atoms with Gasteiger partial charge in [0.25, 0.3) is 0 Å². The monoisotopic (exact) mass is 530 g/mol. The molecule has 3 unspecified atom stereocenters. The van der Waals surface area contributed by atoms with Gasteiger partial charge in [0.2, 0.25) is 0 Å². The number of rotatable bonds is 11. The molecule has 39 heavy (non-hydrogen) atoms. The number of carbonyl (C=O) groups is 1. The normalized spacial score (nSPS) is 24.2. The van der Waals surface area contributed by atoms with Crippen molar-refractivity contribution in [3.05, 3.63) is 59.7 Å². The van der Waals surface area contributed by atoms with Gasteiger partial charge in [-0.2, -0.15) is 0 Å². The van der Waals surface area contributed by atoms with Crippen molar-refractivity contribution in [1.29, 1.82) is 0 Å². The third kappa shape index (κ3) is 6.20. The van der Waals surface area contributed by atoms with Crippen molar-refractivity contribution in [2.75, 3.05) is 32.7 Å². The van der Waals surface area contributed by atoms with Gasteiger partial charge in [0.05, 0.1) is 6.42 Å². The first-order valence-electron chi connectivity index (χ1n) is 15.1. The maximum absolute atomic E-state index is 11.7. The summed E-state index contributed by atoms with van der Waals surface area (Å²) in [7, 11) is 0. The van der Waals surface area contributed by atoms with Gasteiger partial charge in [0.1, 0.15) is 11.0 Å². The van der Waals surface area contributed by atoms with Crippen LogP contribution in [-0.4, -0.2) is 70.0 Å². The van der Waals surface area contributed by atoms with Gasteiger partial charge in [-0.25, -0.2) is 4.63 Å². The first-order valence-corrected chi connectivity index (χ1v) is 15.1. The minimum atomic E-state index is -0.650. The lowest BCUT2D eigenvalue weighted by molar-refractivity contribution is -0.139. The predicted molar refractivity (Wildman–Crippen MR) is 152 cm³/mol. The highest BCUT2D eigenvalue weighted by molar-refractivity contribution is 5.76. The Kier molecular flexibility index (Phi) is 8.26. The van der Waals surface area contributed by atoms with Crippen LogP contribution in [-0.2, 0) is 11.2 Å². The molecular formula is C32H42N4O3. The molecule has 7 heteroatoms. The van der Waals surface area contributed by atoms with Gasteiger partial charge in [-0.1, -0.05) is 55.3 Å². The van der Waals surface area contributed by atoms with E-state index in [1.54, 1.807) is 0 Å². The molecule has 7 nitrogen and oxygen atoms in total. The van der Waals surface area contributed by atoms with Crippen LogP contribution in [0.15, 0.2) is 53.2 Å². The summed E-state index contributed by atoms with van der Waals surface area (Å²) in [4.78, 5) is 17.0. The Morgan fingerprint density at radius 1 is 1.00 bits per heavy atom. The second-order valence-electron chi connectivity index (χ2n) is 12.3. The summed E-state index contributed by atoms with van der Waals surface area (Å²) >= 11 is 0. The molecule has 0 bridgehead atoms. The Bertz CT molecular complexity index is 1220. The molecule has 3 aliphatic rings. The molecule has 3 atom stereocenters. The average molecular weight is 531 g/mol. The summed E-state index contributed by atoms with van der Waals surface area (Å²) in [5, 5.41) is 17.7. The number of aryl methyl sites for hydroxylation is 1. The van der Waals surface area contributed by atoms with E-state index in [2.05, 4.69) is 56.5 Å². The van der Waals surface area contributed by atoms with Crippen molar-refractivity contribution in [3.8, 4) is 0 Å². The average Bonchev–Trinajstić information content (AvgIpc) is 3.56. The maximum Gasteiger partial charge on any atom is 0.304 e. The summed E-state index contributed by atoms with van der Waals surface area (Å²) in [6.07, 6.45) is 9.92. The number of carboxylic acid groups (broad SMARTS) is 1. The van der Waals surface area contributed by atoms with Crippen molar-refractivity contribution in [2.45, 2.75) is 69.7 Å². The molecule has 1 N–H and O–H groups in total. The minimum absolute atomic E-state index is 0.192. The van der Waals surface area contributed by atoms with E-state index in [1.807, 2.05) is 12.1 Å². The fourth-order valence-electron chi connectivity index (χ4n) is 7.47. The zero-order valence-electron chi connectivity index (χ0n) is 23.0. The molecule has 2 aromatic carbocycles. The SMILES string of the molecule is O=C(O)CC(C1CCC1)N1CC(CN2CCC(CCCc3cccc4nonc34)CC2)C(c2ccccc2)C1. The Morgan fingerprint density at radius 2 is 1.82 bits per heavy atom. The lowest BCUT2D eigenvalue weighted by Crippen LogP contribution is -2.44. The van der Waals surface area contributed by atoms with Crippen LogP contribution >= 0.6 is 0 Å². The second-order valence-corrected chi connectivity index (χ2v) is 12.3. The van der Waals surface area contributed by atoms with Gasteiger partial charge in [-0.05, 0) is 96.9 Å². The van der Waals surface area contributed by atoms with E-state index in [1.165, 1.54) is 69.2 Å². The van der Waals surface area contributed by atoms with E-state index in [0.29, 0.717) is 17.8 Å². The van der Waals surface area contributed by atoms with E-state index in [9.17, 15) is 9.90 Å². The second kappa shape index (κ2) is 12.2. The highest BCUT2D eigenvalue weighted by Gasteiger charge is 2.42. The van der Waals surface area contributed by atoms with Crippen LogP contribution in [0.3, 0.4) is 0 Å². The van der Waals surface area contributed by atoms with Gasteiger partial charge in [0, 0.05) is 31.6 Å². The van der Waals surface area contributed by atoms with Crippen LogP contribution in [0, 0.1) is 17.8 Å². The zero-order valence-corrected chi connectivity index (χ0v) is 23.0. The highest BCUT2D eigenvalue weighted by atomic mass is 16.6. The largest absolute Gasteiger partial charge is 0.481 e. The summed E-state index contributed by atoms with van der Waals surface area (Å²) in [5.74, 6) is 1.73. The Morgan fingerprint density at radius 3 is 2.56 bits per heavy atom. The quantitative estimate of drug-likeness (QED) is 0.345. The Hall–Kier alpha value is -2.77. The smallest absolute Gasteiger partial charge is 0.304 e. The topological polar surface area (TPSA) is 82.7 Å². The number of carboxylic acids is 1. The third-order valence-electron chi connectivity index (χ3n) is 9.87. The first kappa shape index (κ1) is 26.5. The van der Waals surface area contributed by atoms with Gasteiger partial charge >= 0.3 is 5.97 Å². The van der Waals surface area contributed by atoms with Gasteiger partial charge in [-0.15, -0.1) is 0 Å². The minimum Gasteiger partial charge on any atom is -0.481 e. The van der Waals surface area contributed by atoms with Crippen LogP contribution in [0.25, 0.3) is 11.0 Å². The number of hydrogen-bond acceptors (Lipinski definition) is 6. The summed E-state index contributed by atoms with van der Waals surface area (Å²) in [6, 6.07) is 17.3. The molecule has 1 aliphatic carbocycles. The van der Waals surface area contributed by atoms with E-state index in [-0.39, 0.29) is 12.5 Å². The maximum atomic E-state index is 11.7. The highest BCUT2D eigenvalue weighted by Crippen LogP contribution is 2.41. The molecule has 3 heterocycles. The molecule has 2 aliphatic heterocycles. The van der Waals surface area contributed by atoms with Gasteiger partial charge in [0.15, 0.2) is 0 Å². The van der Waals surface area contributed by atoms with Crippen molar-refractivity contribution >= 4 is 17.0 Å². The van der Waals surface area contributed by atoms with Crippen molar-refractivity contribution in [1.82, 2.24) is 20.1 Å². The molecule has 1 saturated carbocycles. The Labute approximate surface area is 231 Å².